The summed E-state index contributed by atoms with van der Waals surface area (Å²) in [7, 11) is 1.41. The first kappa shape index (κ1) is 13.8. The second-order valence-corrected chi connectivity index (χ2v) is 5.38. The summed E-state index contributed by atoms with van der Waals surface area (Å²) in [6, 6.07) is 7.89. The zero-order valence-electron chi connectivity index (χ0n) is 10.8. The minimum atomic E-state index is -0.195. The van der Waals surface area contributed by atoms with Crippen molar-refractivity contribution >= 4 is 17.3 Å². The molecule has 2 rings (SSSR count). The van der Waals surface area contributed by atoms with Crippen LogP contribution in [-0.2, 0) is 28.9 Å². The highest BCUT2D eigenvalue weighted by atomic mass is 32.1. The highest BCUT2D eigenvalue weighted by Gasteiger charge is 2.06. The number of nitrogens with one attached hydrogen (secondary N) is 1. The van der Waals surface area contributed by atoms with Gasteiger partial charge in [-0.3, -0.25) is 4.79 Å². The van der Waals surface area contributed by atoms with Crippen molar-refractivity contribution in [2.24, 2.45) is 0 Å². The Morgan fingerprint density at radius 3 is 2.95 bits per heavy atom. The molecule has 4 nitrogen and oxygen atoms in total. The monoisotopic (exact) mass is 279 g/mol. The average Bonchev–Trinajstić information content (AvgIpc) is 3.06. The van der Waals surface area contributed by atoms with Crippen molar-refractivity contribution in [2.75, 3.05) is 13.7 Å². The highest BCUT2D eigenvalue weighted by molar-refractivity contribution is 7.12. The van der Waals surface area contributed by atoms with Crippen LogP contribution in [0.3, 0.4) is 0 Å². The molecule has 0 bridgehead atoms. The smallest absolute Gasteiger partial charge is 0.310 e. The molecule has 0 aliphatic rings. The summed E-state index contributed by atoms with van der Waals surface area (Å²) < 4.78 is 9.90. The molecule has 2 heterocycles. The number of carbonyl (C=O) groups excluding carboxylic acids is 1. The van der Waals surface area contributed by atoms with Gasteiger partial charge in [-0.2, -0.15) is 0 Å². The van der Waals surface area contributed by atoms with Gasteiger partial charge in [-0.25, -0.2) is 0 Å². The lowest BCUT2D eigenvalue weighted by atomic mass is 10.3. The molecule has 0 aromatic carbocycles. The molecule has 0 aliphatic carbocycles. The van der Waals surface area contributed by atoms with Gasteiger partial charge in [0.2, 0.25) is 0 Å². The maximum atomic E-state index is 11.1. The van der Waals surface area contributed by atoms with Gasteiger partial charge in [0.05, 0.1) is 19.8 Å². The zero-order chi connectivity index (χ0) is 13.5. The van der Waals surface area contributed by atoms with E-state index in [1.54, 1.807) is 17.6 Å². The molecule has 0 aliphatic heterocycles. The third-order valence-electron chi connectivity index (χ3n) is 2.69. The van der Waals surface area contributed by atoms with Gasteiger partial charge in [0, 0.05) is 29.3 Å². The molecule has 2 aromatic rings. The fourth-order valence-corrected chi connectivity index (χ4v) is 2.68. The van der Waals surface area contributed by atoms with E-state index < -0.39 is 0 Å². The Bertz CT molecular complexity index is 505. The third-order valence-corrected chi connectivity index (χ3v) is 3.78. The zero-order valence-corrected chi connectivity index (χ0v) is 11.7. The van der Waals surface area contributed by atoms with Gasteiger partial charge in [0.25, 0.3) is 0 Å². The Balaban J connectivity index is 1.70. The van der Waals surface area contributed by atoms with E-state index in [1.165, 1.54) is 12.0 Å². The third kappa shape index (κ3) is 4.54. The van der Waals surface area contributed by atoms with E-state index in [1.807, 2.05) is 24.3 Å². The summed E-state index contributed by atoms with van der Waals surface area (Å²) in [6.45, 7) is 1.68. The van der Waals surface area contributed by atoms with Gasteiger partial charge < -0.3 is 14.5 Å². The molecular formula is C14H17NO3S. The van der Waals surface area contributed by atoms with E-state index >= 15 is 0 Å². The van der Waals surface area contributed by atoms with Crippen molar-refractivity contribution in [1.82, 2.24) is 5.32 Å². The van der Waals surface area contributed by atoms with E-state index in [-0.39, 0.29) is 5.97 Å². The lowest BCUT2D eigenvalue weighted by Gasteiger charge is -2.01. The summed E-state index contributed by atoms with van der Waals surface area (Å²) in [4.78, 5) is 13.4. The van der Waals surface area contributed by atoms with Gasteiger partial charge in [-0.15, -0.1) is 11.3 Å². The van der Waals surface area contributed by atoms with Crippen LogP contribution in [-0.4, -0.2) is 19.6 Å². The number of methoxy groups -OCH3 is 1. The van der Waals surface area contributed by atoms with Gasteiger partial charge in [0.1, 0.15) is 5.76 Å². The molecule has 1 N–H and O–H groups in total. The largest absolute Gasteiger partial charge is 0.469 e. The van der Waals surface area contributed by atoms with Crippen molar-refractivity contribution in [3.63, 3.8) is 0 Å². The molecule has 0 fully saturated rings. The molecule has 0 radical (unpaired) electrons. The van der Waals surface area contributed by atoms with Crippen molar-refractivity contribution < 1.29 is 13.9 Å². The SMILES string of the molecule is COC(=O)Cc1ccc(CNCCc2ccco2)s1. The topological polar surface area (TPSA) is 51.5 Å². The van der Waals surface area contributed by atoms with Crippen LogP contribution >= 0.6 is 11.3 Å². The molecular weight excluding hydrogens is 262 g/mol. The van der Waals surface area contributed by atoms with Crippen molar-refractivity contribution in [3.8, 4) is 0 Å². The summed E-state index contributed by atoms with van der Waals surface area (Å²) in [5.41, 5.74) is 0. The molecule has 5 heteroatoms. The summed E-state index contributed by atoms with van der Waals surface area (Å²) in [5.74, 6) is 0.796. The number of hydrogen-bond acceptors (Lipinski definition) is 5. The normalized spacial score (nSPS) is 10.6. The quantitative estimate of drug-likeness (QED) is 0.624. The second-order valence-electron chi connectivity index (χ2n) is 4.13. The van der Waals surface area contributed by atoms with Crippen LogP contribution in [0.4, 0.5) is 0 Å². The van der Waals surface area contributed by atoms with Crippen LogP contribution in [0, 0.1) is 0 Å². The number of thiophene rings is 1. The lowest BCUT2D eigenvalue weighted by Crippen LogP contribution is -2.15. The number of carbonyl (C=O) groups is 1. The average molecular weight is 279 g/mol. The van der Waals surface area contributed by atoms with Crippen LogP contribution in [0.1, 0.15) is 15.5 Å². The molecule has 2 aromatic heterocycles. The molecule has 0 atom stereocenters. The van der Waals surface area contributed by atoms with Gasteiger partial charge >= 0.3 is 5.97 Å². The first-order chi connectivity index (χ1) is 9.28. The van der Waals surface area contributed by atoms with E-state index in [0.29, 0.717) is 6.42 Å². The molecule has 19 heavy (non-hydrogen) atoms. The van der Waals surface area contributed by atoms with Crippen LogP contribution < -0.4 is 5.32 Å². The number of esters is 1. The first-order valence-electron chi connectivity index (χ1n) is 6.15. The minimum absolute atomic E-state index is 0.195. The Hall–Kier alpha value is -1.59. The van der Waals surface area contributed by atoms with Crippen molar-refractivity contribution in [2.45, 2.75) is 19.4 Å². The predicted octanol–water partition coefficient (Wildman–Crippen LogP) is 2.39. The maximum absolute atomic E-state index is 11.1. The molecule has 102 valence electrons. The standard InChI is InChI=1S/C14H17NO3S/c1-17-14(16)9-12-4-5-13(19-12)10-15-7-6-11-3-2-8-18-11/h2-5,8,15H,6-7,9-10H2,1H3. The maximum Gasteiger partial charge on any atom is 0.310 e. The molecule has 0 spiro atoms. The van der Waals surface area contributed by atoms with Crippen LogP contribution in [0.5, 0.6) is 0 Å². The fraction of sp³-hybridized carbons (Fsp3) is 0.357. The Morgan fingerprint density at radius 1 is 1.37 bits per heavy atom. The van der Waals surface area contributed by atoms with E-state index in [9.17, 15) is 4.79 Å². The number of rotatable bonds is 7. The summed E-state index contributed by atoms with van der Waals surface area (Å²) >= 11 is 1.64. The Labute approximate surface area is 116 Å². The van der Waals surface area contributed by atoms with E-state index in [2.05, 4.69) is 10.1 Å². The fourth-order valence-electron chi connectivity index (χ4n) is 1.70. The van der Waals surface area contributed by atoms with Gasteiger partial charge in [-0.05, 0) is 24.3 Å². The first-order valence-corrected chi connectivity index (χ1v) is 6.97. The Morgan fingerprint density at radius 2 is 2.21 bits per heavy atom. The highest BCUT2D eigenvalue weighted by Crippen LogP contribution is 2.17. The van der Waals surface area contributed by atoms with E-state index in [4.69, 9.17) is 4.42 Å². The van der Waals surface area contributed by atoms with Gasteiger partial charge in [-0.1, -0.05) is 0 Å². The second kappa shape index (κ2) is 7.11. The molecule has 0 saturated carbocycles. The van der Waals surface area contributed by atoms with Gasteiger partial charge in [0.15, 0.2) is 0 Å². The number of hydrogen-bond donors (Lipinski definition) is 1. The van der Waals surface area contributed by atoms with Crippen LogP contribution in [0.15, 0.2) is 34.9 Å². The van der Waals surface area contributed by atoms with Crippen molar-refractivity contribution in [3.05, 3.63) is 46.0 Å². The van der Waals surface area contributed by atoms with Crippen LogP contribution in [0.25, 0.3) is 0 Å². The molecule has 0 unspecified atom stereocenters. The molecule has 0 saturated heterocycles. The Kier molecular flexibility index (Phi) is 5.18. The molecule has 0 amide bonds. The number of ether oxygens (including phenoxy) is 1. The van der Waals surface area contributed by atoms with Crippen LogP contribution in [0.2, 0.25) is 0 Å². The minimum Gasteiger partial charge on any atom is -0.469 e. The summed E-state index contributed by atoms with van der Waals surface area (Å²) in [5, 5.41) is 3.35. The van der Waals surface area contributed by atoms with E-state index in [0.717, 1.165) is 30.1 Å². The lowest BCUT2D eigenvalue weighted by molar-refractivity contribution is -0.139. The summed E-state index contributed by atoms with van der Waals surface area (Å²) in [6.07, 6.45) is 2.93. The van der Waals surface area contributed by atoms with Crippen molar-refractivity contribution in [1.29, 1.82) is 0 Å². The predicted molar refractivity (Wildman–Crippen MR) is 74.2 cm³/mol. The number of furan rings is 1.